The van der Waals surface area contributed by atoms with Crippen molar-refractivity contribution >= 4 is 5.97 Å². The summed E-state index contributed by atoms with van der Waals surface area (Å²) >= 11 is 0. The lowest BCUT2D eigenvalue weighted by Gasteiger charge is -2.29. The van der Waals surface area contributed by atoms with E-state index >= 15 is 0 Å². The lowest BCUT2D eigenvalue weighted by atomic mass is 9.91. The monoisotopic (exact) mass is 200 g/mol. The number of nitrogens with one attached hydrogen (secondary N) is 1. The van der Waals surface area contributed by atoms with Crippen LogP contribution in [-0.4, -0.2) is 31.7 Å². The van der Waals surface area contributed by atoms with Gasteiger partial charge in [-0.1, -0.05) is 12.8 Å². The van der Waals surface area contributed by atoms with Crippen LogP contribution in [0.4, 0.5) is 0 Å². The van der Waals surface area contributed by atoms with Gasteiger partial charge < -0.3 is 15.8 Å². The predicted molar refractivity (Wildman–Crippen MR) is 54.9 cm³/mol. The summed E-state index contributed by atoms with van der Waals surface area (Å²) < 4.78 is 4.56. The average molecular weight is 200 g/mol. The SMILES string of the molecule is COC(=O)CCNC1CCCCC1N. The molecule has 82 valence electrons. The lowest BCUT2D eigenvalue weighted by Crippen LogP contribution is -2.47. The van der Waals surface area contributed by atoms with Gasteiger partial charge in [-0.25, -0.2) is 0 Å². The van der Waals surface area contributed by atoms with Crippen molar-refractivity contribution in [1.82, 2.24) is 5.32 Å². The van der Waals surface area contributed by atoms with Crippen molar-refractivity contribution in [2.45, 2.75) is 44.2 Å². The minimum absolute atomic E-state index is 0.165. The third-order valence-electron chi connectivity index (χ3n) is 2.78. The fourth-order valence-electron chi connectivity index (χ4n) is 1.87. The van der Waals surface area contributed by atoms with E-state index in [0.717, 1.165) is 12.8 Å². The molecule has 1 fully saturated rings. The highest BCUT2D eigenvalue weighted by Gasteiger charge is 2.20. The van der Waals surface area contributed by atoms with Gasteiger partial charge in [0.1, 0.15) is 0 Å². The van der Waals surface area contributed by atoms with Crippen LogP contribution >= 0.6 is 0 Å². The molecule has 1 aliphatic carbocycles. The van der Waals surface area contributed by atoms with Gasteiger partial charge in [0.2, 0.25) is 0 Å². The zero-order valence-electron chi connectivity index (χ0n) is 8.79. The zero-order chi connectivity index (χ0) is 10.4. The van der Waals surface area contributed by atoms with E-state index < -0.39 is 0 Å². The summed E-state index contributed by atoms with van der Waals surface area (Å²) in [4.78, 5) is 10.8. The van der Waals surface area contributed by atoms with Gasteiger partial charge >= 0.3 is 5.97 Å². The summed E-state index contributed by atoms with van der Waals surface area (Å²) in [6.45, 7) is 0.672. The second-order valence-corrected chi connectivity index (χ2v) is 3.84. The Labute approximate surface area is 85.2 Å². The fourth-order valence-corrected chi connectivity index (χ4v) is 1.87. The van der Waals surface area contributed by atoms with Crippen molar-refractivity contribution in [3.05, 3.63) is 0 Å². The molecule has 0 heterocycles. The van der Waals surface area contributed by atoms with Gasteiger partial charge in [0.25, 0.3) is 0 Å². The normalized spacial score (nSPS) is 27.3. The van der Waals surface area contributed by atoms with Gasteiger partial charge in [-0.3, -0.25) is 4.79 Å². The summed E-state index contributed by atoms with van der Waals surface area (Å²) in [5.74, 6) is -0.165. The summed E-state index contributed by atoms with van der Waals surface area (Å²) in [6, 6.07) is 0.634. The molecule has 0 bridgehead atoms. The van der Waals surface area contributed by atoms with E-state index in [1.165, 1.54) is 20.0 Å². The van der Waals surface area contributed by atoms with Crippen molar-refractivity contribution in [2.24, 2.45) is 5.73 Å². The van der Waals surface area contributed by atoms with Gasteiger partial charge in [-0.2, -0.15) is 0 Å². The van der Waals surface area contributed by atoms with Crippen LogP contribution in [0, 0.1) is 0 Å². The zero-order valence-corrected chi connectivity index (χ0v) is 8.79. The number of esters is 1. The molecular weight excluding hydrogens is 180 g/mol. The van der Waals surface area contributed by atoms with Crippen molar-refractivity contribution in [2.75, 3.05) is 13.7 Å². The van der Waals surface area contributed by atoms with E-state index in [1.54, 1.807) is 0 Å². The van der Waals surface area contributed by atoms with Crippen LogP contribution in [0.2, 0.25) is 0 Å². The van der Waals surface area contributed by atoms with Gasteiger partial charge in [0.15, 0.2) is 0 Å². The number of carbonyl (C=O) groups excluding carboxylic acids is 1. The Balaban J connectivity index is 2.13. The molecular formula is C10H20N2O2. The van der Waals surface area contributed by atoms with Crippen LogP contribution in [0.5, 0.6) is 0 Å². The van der Waals surface area contributed by atoms with E-state index in [2.05, 4.69) is 10.1 Å². The van der Waals surface area contributed by atoms with E-state index in [-0.39, 0.29) is 12.0 Å². The first-order valence-electron chi connectivity index (χ1n) is 5.30. The van der Waals surface area contributed by atoms with Crippen LogP contribution in [0.25, 0.3) is 0 Å². The number of hydrogen-bond donors (Lipinski definition) is 2. The number of hydrogen-bond acceptors (Lipinski definition) is 4. The van der Waals surface area contributed by atoms with Crippen LogP contribution in [-0.2, 0) is 9.53 Å². The first kappa shape index (κ1) is 11.5. The molecule has 1 saturated carbocycles. The number of methoxy groups -OCH3 is 1. The molecule has 1 aliphatic rings. The number of rotatable bonds is 4. The van der Waals surface area contributed by atoms with Crippen molar-refractivity contribution < 1.29 is 9.53 Å². The maximum absolute atomic E-state index is 10.8. The first-order chi connectivity index (χ1) is 6.74. The predicted octanol–water partition coefficient (Wildman–Crippen LogP) is 0.409. The second-order valence-electron chi connectivity index (χ2n) is 3.84. The summed E-state index contributed by atoms with van der Waals surface area (Å²) in [6.07, 6.45) is 5.12. The van der Waals surface area contributed by atoms with Gasteiger partial charge in [0.05, 0.1) is 13.5 Å². The lowest BCUT2D eigenvalue weighted by molar-refractivity contribution is -0.140. The van der Waals surface area contributed by atoms with Crippen molar-refractivity contribution in [3.8, 4) is 0 Å². The molecule has 0 aromatic heterocycles. The molecule has 2 atom stereocenters. The maximum atomic E-state index is 10.8. The summed E-state index contributed by atoms with van der Waals surface area (Å²) in [7, 11) is 1.41. The molecule has 0 spiro atoms. The highest BCUT2D eigenvalue weighted by atomic mass is 16.5. The Morgan fingerprint density at radius 2 is 2.21 bits per heavy atom. The average Bonchev–Trinajstić information content (AvgIpc) is 2.20. The molecule has 0 aromatic carbocycles. The largest absolute Gasteiger partial charge is 0.469 e. The number of ether oxygens (including phenoxy) is 1. The van der Waals surface area contributed by atoms with E-state index in [4.69, 9.17) is 5.73 Å². The van der Waals surface area contributed by atoms with Crippen LogP contribution in [0.1, 0.15) is 32.1 Å². The van der Waals surface area contributed by atoms with Crippen LogP contribution in [0.3, 0.4) is 0 Å². The topological polar surface area (TPSA) is 64.3 Å². The first-order valence-corrected chi connectivity index (χ1v) is 5.30. The molecule has 0 saturated heterocycles. The van der Waals surface area contributed by atoms with Crippen LogP contribution in [0.15, 0.2) is 0 Å². The van der Waals surface area contributed by atoms with Crippen LogP contribution < -0.4 is 11.1 Å². The second kappa shape index (κ2) is 5.98. The molecule has 14 heavy (non-hydrogen) atoms. The minimum Gasteiger partial charge on any atom is -0.469 e. The molecule has 4 heteroatoms. The third kappa shape index (κ3) is 3.64. The molecule has 0 amide bonds. The molecule has 0 radical (unpaired) electrons. The van der Waals surface area contributed by atoms with Crippen molar-refractivity contribution in [1.29, 1.82) is 0 Å². The maximum Gasteiger partial charge on any atom is 0.306 e. The summed E-state index contributed by atoms with van der Waals surface area (Å²) in [5.41, 5.74) is 5.95. The molecule has 3 N–H and O–H groups in total. The van der Waals surface area contributed by atoms with Gasteiger partial charge in [0, 0.05) is 18.6 Å². The Kier molecular flexibility index (Phi) is 4.90. The molecule has 1 rings (SSSR count). The standard InChI is InChI=1S/C10H20N2O2/c1-14-10(13)6-7-12-9-5-3-2-4-8(9)11/h8-9,12H,2-7,11H2,1H3. The van der Waals surface area contributed by atoms with E-state index in [9.17, 15) is 4.79 Å². The molecule has 0 aliphatic heterocycles. The Morgan fingerprint density at radius 1 is 1.50 bits per heavy atom. The van der Waals surface area contributed by atoms with Crippen molar-refractivity contribution in [3.63, 3.8) is 0 Å². The molecule has 4 nitrogen and oxygen atoms in total. The van der Waals surface area contributed by atoms with Gasteiger partial charge in [-0.05, 0) is 12.8 Å². The minimum atomic E-state index is -0.165. The summed E-state index contributed by atoms with van der Waals surface area (Å²) in [5, 5.41) is 3.31. The highest BCUT2D eigenvalue weighted by Crippen LogP contribution is 2.16. The third-order valence-corrected chi connectivity index (χ3v) is 2.78. The molecule has 0 aromatic rings. The number of nitrogens with two attached hydrogens (primary N) is 1. The Hall–Kier alpha value is -0.610. The smallest absolute Gasteiger partial charge is 0.306 e. The quantitative estimate of drug-likeness (QED) is 0.645. The Bertz CT molecular complexity index is 185. The van der Waals surface area contributed by atoms with E-state index in [1.807, 2.05) is 0 Å². The Morgan fingerprint density at radius 3 is 2.86 bits per heavy atom. The van der Waals surface area contributed by atoms with Gasteiger partial charge in [-0.15, -0.1) is 0 Å². The molecule has 2 unspecified atom stereocenters. The van der Waals surface area contributed by atoms with E-state index in [0.29, 0.717) is 19.0 Å². The number of carbonyl (C=O) groups is 1. The fraction of sp³-hybridized carbons (Fsp3) is 0.900. The highest BCUT2D eigenvalue weighted by molar-refractivity contribution is 5.69.